The van der Waals surface area contributed by atoms with Crippen molar-refractivity contribution >= 4 is 24.4 Å². The minimum absolute atomic E-state index is 0.490. The van der Waals surface area contributed by atoms with E-state index in [-0.39, 0.29) is 0 Å². The van der Waals surface area contributed by atoms with Crippen molar-refractivity contribution < 1.29 is 0 Å². The van der Waals surface area contributed by atoms with Gasteiger partial charge >= 0.3 is 0 Å². The zero-order chi connectivity index (χ0) is 10.7. The summed E-state index contributed by atoms with van der Waals surface area (Å²) in [5.74, 6) is 2.22. The van der Waals surface area contributed by atoms with E-state index in [1.165, 1.54) is 36.3 Å². The Morgan fingerprint density at radius 3 is 2.80 bits per heavy atom. The predicted octanol–water partition coefficient (Wildman–Crippen LogP) is 3.00. The lowest BCUT2D eigenvalue weighted by Gasteiger charge is -2.25. The Bertz CT molecular complexity index is 316. The summed E-state index contributed by atoms with van der Waals surface area (Å²) in [5, 5.41) is 4.19. The molecular weight excluding hydrogens is 224 g/mol. The number of hydrogen-bond acceptors (Lipinski definition) is 3. The SMILES string of the molecule is Cn1cc(SCC2(CS)CCCC2)cn1. The second kappa shape index (κ2) is 4.83. The Morgan fingerprint density at radius 1 is 1.53 bits per heavy atom. The van der Waals surface area contributed by atoms with Crippen LogP contribution in [0, 0.1) is 5.41 Å². The highest BCUT2D eigenvalue weighted by Crippen LogP contribution is 2.42. The molecule has 0 saturated heterocycles. The molecule has 1 aliphatic rings. The Labute approximate surface area is 101 Å². The third kappa shape index (κ3) is 2.72. The number of hydrogen-bond donors (Lipinski definition) is 1. The second-order valence-electron chi connectivity index (χ2n) is 4.50. The molecule has 0 aliphatic heterocycles. The summed E-state index contributed by atoms with van der Waals surface area (Å²) >= 11 is 6.45. The van der Waals surface area contributed by atoms with E-state index >= 15 is 0 Å². The molecule has 15 heavy (non-hydrogen) atoms. The van der Waals surface area contributed by atoms with Crippen LogP contribution >= 0.6 is 24.4 Å². The maximum atomic E-state index is 4.52. The van der Waals surface area contributed by atoms with Crippen LogP contribution in [0.4, 0.5) is 0 Å². The molecule has 4 heteroatoms. The maximum absolute atomic E-state index is 4.52. The van der Waals surface area contributed by atoms with E-state index in [0.717, 1.165) is 5.75 Å². The fraction of sp³-hybridized carbons (Fsp3) is 0.727. The van der Waals surface area contributed by atoms with Crippen molar-refractivity contribution in [2.24, 2.45) is 12.5 Å². The first-order valence-corrected chi connectivity index (χ1v) is 7.08. The molecule has 0 aromatic carbocycles. The van der Waals surface area contributed by atoms with Gasteiger partial charge in [-0.1, -0.05) is 12.8 Å². The Morgan fingerprint density at radius 2 is 2.27 bits per heavy atom. The number of thiol groups is 1. The highest BCUT2D eigenvalue weighted by atomic mass is 32.2. The summed E-state index contributed by atoms with van der Waals surface area (Å²) in [6.07, 6.45) is 9.51. The molecule has 1 aliphatic carbocycles. The van der Waals surface area contributed by atoms with Crippen molar-refractivity contribution in [1.29, 1.82) is 0 Å². The van der Waals surface area contributed by atoms with Gasteiger partial charge in [-0.15, -0.1) is 11.8 Å². The van der Waals surface area contributed by atoms with Crippen LogP contribution in [0.3, 0.4) is 0 Å². The quantitative estimate of drug-likeness (QED) is 0.646. The van der Waals surface area contributed by atoms with Crippen LogP contribution in [0.2, 0.25) is 0 Å². The van der Waals surface area contributed by atoms with Crippen molar-refractivity contribution in [3.05, 3.63) is 12.4 Å². The summed E-state index contributed by atoms with van der Waals surface area (Å²) in [6.45, 7) is 0. The molecule has 0 bridgehead atoms. The summed E-state index contributed by atoms with van der Waals surface area (Å²) in [6, 6.07) is 0. The molecule has 1 heterocycles. The molecule has 1 saturated carbocycles. The van der Waals surface area contributed by atoms with Crippen LogP contribution in [0.15, 0.2) is 17.3 Å². The molecule has 0 unspecified atom stereocenters. The lowest BCUT2D eigenvalue weighted by Crippen LogP contribution is -2.21. The van der Waals surface area contributed by atoms with Gasteiger partial charge in [-0.2, -0.15) is 17.7 Å². The van der Waals surface area contributed by atoms with Gasteiger partial charge in [0.1, 0.15) is 0 Å². The van der Waals surface area contributed by atoms with Gasteiger partial charge in [0.15, 0.2) is 0 Å². The van der Waals surface area contributed by atoms with Gasteiger partial charge in [0, 0.05) is 23.9 Å². The fourth-order valence-corrected chi connectivity index (χ4v) is 3.97. The van der Waals surface area contributed by atoms with Gasteiger partial charge < -0.3 is 0 Å². The van der Waals surface area contributed by atoms with E-state index < -0.39 is 0 Å². The molecule has 1 aromatic rings. The van der Waals surface area contributed by atoms with Gasteiger partial charge in [-0.25, -0.2) is 0 Å². The molecule has 0 radical (unpaired) electrons. The lowest BCUT2D eigenvalue weighted by atomic mass is 9.91. The normalized spacial score (nSPS) is 19.6. The molecule has 84 valence electrons. The van der Waals surface area contributed by atoms with Crippen LogP contribution in [0.5, 0.6) is 0 Å². The van der Waals surface area contributed by atoms with Crippen molar-refractivity contribution in [3.8, 4) is 0 Å². The zero-order valence-electron chi connectivity index (χ0n) is 9.15. The van der Waals surface area contributed by atoms with Crippen LogP contribution in [-0.2, 0) is 7.05 Å². The van der Waals surface area contributed by atoms with Crippen LogP contribution < -0.4 is 0 Å². The molecule has 0 spiro atoms. The molecule has 1 fully saturated rings. The van der Waals surface area contributed by atoms with Gasteiger partial charge in [0.2, 0.25) is 0 Å². The van der Waals surface area contributed by atoms with Crippen molar-refractivity contribution in [2.45, 2.75) is 30.6 Å². The van der Waals surface area contributed by atoms with Gasteiger partial charge in [0.25, 0.3) is 0 Å². The van der Waals surface area contributed by atoms with E-state index in [9.17, 15) is 0 Å². The van der Waals surface area contributed by atoms with Gasteiger partial charge in [0.05, 0.1) is 6.20 Å². The van der Waals surface area contributed by atoms with Crippen LogP contribution in [0.1, 0.15) is 25.7 Å². The largest absolute Gasteiger partial charge is 0.275 e. The lowest BCUT2D eigenvalue weighted by molar-refractivity contribution is 0.403. The standard InChI is InChI=1S/C11H18N2S2/c1-13-7-10(6-12-13)15-9-11(8-14)4-2-3-5-11/h6-7,14H,2-5,8-9H2,1H3. The average Bonchev–Trinajstić information content (AvgIpc) is 2.85. The molecular formula is C11H18N2S2. The number of rotatable bonds is 4. The predicted molar refractivity (Wildman–Crippen MR) is 68.7 cm³/mol. The van der Waals surface area contributed by atoms with Crippen molar-refractivity contribution in [2.75, 3.05) is 11.5 Å². The first-order valence-electron chi connectivity index (χ1n) is 5.46. The monoisotopic (exact) mass is 242 g/mol. The third-order valence-electron chi connectivity index (χ3n) is 3.23. The summed E-state index contributed by atoms with van der Waals surface area (Å²) in [7, 11) is 1.97. The first kappa shape index (κ1) is 11.4. The van der Waals surface area contributed by atoms with E-state index in [4.69, 9.17) is 0 Å². The topological polar surface area (TPSA) is 17.8 Å². The number of nitrogens with zero attached hydrogens (tertiary/aromatic N) is 2. The van der Waals surface area contributed by atoms with E-state index in [1.807, 2.05) is 29.7 Å². The Hall–Kier alpha value is -0.0900. The smallest absolute Gasteiger partial charge is 0.0625 e. The molecule has 2 nitrogen and oxygen atoms in total. The molecule has 1 aromatic heterocycles. The highest BCUT2D eigenvalue weighted by Gasteiger charge is 2.32. The van der Waals surface area contributed by atoms with Gasteiger partial charge in [-0.05, 0) is 24.0 Å². The molecule has 0 amide bonds. The van der Waals surface area contributed by atoms with E-state index in [2.05, 4.69) is 23.9 Å². The van der Waals surface area contributed by atoms with Crippen LogP contribution in [0.25, 0.3) is 0 Å². The van der Waals surface area contributed by atoms with Crippen LogP contribution in [-0.4, -0.2) is 21.3 Å². The van der Waals surface area contributed by atoms with E-state index in [0.29, 0.717) is 5.41 Å². The zero-order valence-corrected chi connectivity index (χ0v) is 10.9. The second-order valence-corrected chi connectivity index (χ2v) is 5.87. The van der Waals surface area contributed by atoms with Crippen molar-refractivity contribution in [3.63, 3.8) is 0 Å². The van der Waals surface area contributed by atoms with Gasteiger partial charge in [-0.3, -0.25) is 4.68 Å². The number of aryl methyl sites for hydroxylation is 1. The Kier molecular flexibility index (Phi) is 3.67. The fourth-order valence-electron chi connectivity index (χ4n) is 2.18. The minimum atomic E-state index is 0.490. The average molecular weight is 242 g/mol. The number of thioether (sulfide) groups is 1. The molecule has 2 rings (SSSR count). The number of aromatic nitrogens is 2. The minimum Gasteiger partial charge on any atom is -0.275 e. The summed E-state index contributed by atoms with van der Waals surface area (Å²) in [4.78, 5) is 1.28. The Balaban J connectivity index is 1.91. The summed E-state index contributed by atoms with van der Waals surface area (Å²) < 4.78 is 1.87. The maximum Gasteiger partial charge on any atom is 0.0625 e. The first-order chi connectivity index (χ1) is 7.24. The molecule has 0 N–H and O–H groups in total. The molecule has 0 atom stereocenters. The highest BCUT2D eigenvalue weighted by molar-refractivity contribution is 7.99. The third-order valence-corrected chi connectivity index (χ3v) is 5.20. The van der Waals surface area contributed by atoms with E-state index in [1.54, 1.807) is 0 Å². The summed E-state index contributed by atoms with van der Waals surface area (Å²) in [5.41, 5.74) is 0.490. The van der Waals surface area contributed by atoms with Crippen molar-refractivity contribution in [1.82, 2.24) is 9.78 Å².